The van der Waals surface area contributed by atoms with E-state index in [1.165, 1.54) is 44.0 Å². The molecule has 0 N–H and O–H groups in total. The van der Waals surface area contributed by atoms with Crippen LogP contribution < -0.4 is 9.80 Å². The molecule has 0 spiro atoms. The number of nitriles is 1. The normalized spacial score (nSPS) is 12.3. The van der Waals surface area contributed by atoms with Gasteiger partial charge in [0.2, 0.25) is 0 Å². The third-order valence-electron chi connectivity index (χ3n) is 11.8. The van der Waals surface area contributed by atoms with Crippen molar-refractivity contribution in [2.24, 2.45) is 0 Å². The van der Waals surface area contributed by atoms with Gasteiger partial charge < -0.3 is 9.80 Å². The maximum absolute atomic E-state index is 9.59. The zero-order valence-corrected chi connectivity index (χ0v) is 32.8. The van der Waals surface area contributed by atoms with Gasteiger partial charge in [-0.2, -0.15) is 5.26 Å². The minimum Gasteiger partial charge on any atom is -0.310 e. The van der Waals surface area contributed by atoms with Crippen LogP contribution in [0.3, 0.4) is 0 Å². The van der Waals surface area contributed by atoms with Crippen LogP contribution in [0.4, 0.5) is 39.8 Å². The highest BCUT2D eigenvalue weighted by molar-refractivity contribution is 6.12. The Bertz CT molecular complexity index is 3120. The summed E-state index contributed by atoms with van der Waals surface area (Å²) in [6, 6.07) is 70.2. The number of para-hydroxylation sites is 1. The Kier molecular flexibility index (Phi) is 8.56. The van der Waals surface area contributed by atoms with Crippen molar-refractivity contribution < 1.29 is 0 Å². The number of fused-ring (bicyclic) bond motifs is 7. The van der Waals surface area contributed by atoms with Gasteiger partial charge in [-0.1, -0.05) is 129 Å². The molecule has 4 heteroatoms. The van der Waals surface area contributed by atoms with E-state index in [-0.39, 0.29) is 5.41 Å². The Morgan fingerprint density at radius 3 is 1.75 bits per heavy atom. The van der Waals surface area contributed by atoms with E-state index in [4.69, 9.17) is 6.57 Å². The molecule has 1 aliphatic carbocycles. The van der Waals surface area contributed by atoms with Gasteiger partial charge in [-0.3, -0.25) is 0 Å². The molecule has 1 aliphatic rings. The fourth-order valence-corrected chi connectivity index (χ4v) is 9.04. The molecule has 10 rings (SSSR count). The Balaban J connectivity index is 1.12. The summed E-state index contributed by atoms with van der Waals surface area (Å²) in [5.41, 5.74) is 14.6. The summed E-state index contributed by atoms with van der Waals surface area (Å²) in [5.74, 6) is 0. The predicted molar refractivity (Wildman–Crippen MR) is 245 cm³/mol. The van der Waals surface area contributed by atoms with E-state index in [0.29, 0.717) is 11.3 Å². The number of anilines is 6. The first-order valence-corrected chi connectivity index (χ1v) is 19.9. The Morgan fingerprint density at radius 1 is 0.508 bits per heavy atom. The number of hydrogen-bond donors (Lipinski definition) is 0. The molecule has 0 bridgehead atoms. The molecule has 0 heterocycles. The maximum atomic E-state index is 9.59. The van der Waals surface area contributed by atoms with Gasteiger partial charge in [-0.15, -0.1) is 0 Å². The Morgan fingerprint density at radius 2 is 1.07 bits per heavy atom. The van der Waals surface area contributed by atoms with E-state index in [9.17, 15) is 5.26 Å². The highest BCUT2D eigenvalue weighted by atomic mass is 15.1. The molecule has 59 heavy (non-hydrogen) atoms. The molecule has 0 saturated heterocycles. The predicted octanol–water partition coefficient (Wildman–Crippen LogP) is 15.3. The molecule has 0 atom stereocenters. The molecule has 278 valence electrons. The first-order valence-electron chi connectivity index (χ1n) is 19.9. The second-order valence-electron chi connectivity index (χ2n) is 15.6. The van der Waals surface area contributed by atoms with Gasteiger partial charge in [0, 0.05) is 39.2 Å². The molecule has 0 unspecified atom stereocenters. The van der Waals surface area contributed by atoms with Crippen LogP contribution in [0.1, 0.15) is 30.5 Å². The molecule has 0 radical (unpaired) electrons. The van der Waals surface area contributed by atoms with Crippen molar-refractivity contribution in [3.63, 3.8) is 0 Å². The molecular formula is C55H38N4. The SMILES string of the molecule is [C-]#[N+]c1ccc(N(c2ccccc2)c2cc3c(c4ccccc24)-c2ccc4cc(N(c5ccc(C#N)cc5)c5ccc(-c6ccccc6)cc5)ccc4c2C3(C)C)cc1. The van der Waals surface area contributed by atoms with E-state index in [2.05, 4.69) is 168 Å². The Labute approximate surface area is 344 Å². The van der Waals surface area contributed by atoms with Crippen molar-refractivity contribution >= 4 is 61.4 Å². The summed E-state index contributed by atoms with van der Waals surface area (Å²) in [4.78, 5) is 8.26. The van der Waals surface area contributed by atoms with Gasteiger partial charge in [0.1, 0.15) is 0 Å². The highest BCUT2D eigenvalue weighted by Crippen LogP contribution is 2.56. The van der Waals surface area contributed by atoms with Crippen LogP contribution in [0.15, 0.2) is 194 Å². The van der Waals surface area contributed by atoms with Gasteiger partial charge in [0.15, 0.2) is 5.69 Å². The van der Waals surface area contributed by atoms with Gasteiger partial charge in [-0.25, -0.2) is 4.85 Å². The smallest absolute Gasteiger partial charge is 0.187 e. The van der Waals surface area contributed by atoms with Gasteiger partial charge >= 0.3 is 0 Å². The van der Waals surface area contributed by atoms with Gasteiger partial charge in [-0.05, 0) is 128 Å². The minimum absolute atomic E-state index is 0.319. The maximum Gasteiger partial charge on any atom is 0.187 e. The first-order chi connectivity index (χ1) is 28.9. The van der Waals surface area contributed by atoms with Crippen LogP contribution in [0.5, 0.6) is 0 Å². The van der Waals surface area contributed by atoms with Crippen molar-refractivity contribution in [1.29, 1.82) is 5.26 Å². The van der Waals surface area contributed by atoms with E-state index in [1.54, 1.807) is 0 Å². The zero-order chi connectivity index (χ0) is 40.1. The summed E-state index contributed by atoms with van der Waals surface area (Å²) in [5, 5.41) is 14.4. The lowest BCUT2D eigenvalue weighted by molar-refractivity contribution is 0.667. The van der Waals surface area contributed by atoms with Crippen LogP contribution in [-0.2, 0) is 5.41 Å². The van der Waals surface area contributed by atoms with E-state index >= 15 is 0 Å². The molecule has 0 amide bonds. The molecule has 9 aromatic carbocycles. The van der Waals surface area contributed by atoms with Crippen molar-refractivity contribution in [2.75, 3.05) is 9.80 Å². The Hall–Kier alpha value is -7.92. The lowest BCUT2D eigenvalue weighted by Crippen LogP contribution is -2.17. The quantitative estimate of drug-likeness (QED) is 0.152. The first kappa shape index (κ1) is 35.5. The van der Waals surface area contributed by atoms with Gasteiger partial charge in [0.25, 0.3) is 0 Å². The third kappa shape index (κ3) is 5.98. The van der Waals surface area contributed by atoms with Crippen LogP contribution in [0.25, 0.3) is 48.6 Å². The highest BCUT2D eigenvalue weighted by Gasteiger charge is 2.39. The summed E-state index contributed by atoms with van der Waals surface area (Å²) in [7, 11) is 0. The number of hydrogen-bond acceptors (Lipinski definition) is 3. The van der Waals surface area contributed by atoms with Crippen molar-refractivity contribution in [3.8, 4) is 28.3 Å². The lowest BCUT2D eigenvalue weighted by Gasteiger charge is -2.30. The van der Waals surface area contributed by atoms with Crippen LogP contribution in [-0.4, -0.2) is 0 Å². The van der Waals surface area contributed by atoms with E-state index in [0.717, 1.165) is 45.1 Å². The number of benzene rings is 9. The summed E-state index contributed by atoms with van der Waals surface area (Å²) in [6.45, 7) is 12.3. The fourth-order valence-electron chi connectivity index (χ4n) is 9.04. The van der Waals surface area contributed by atoms with Gasteiger partial charge in [0.05, 0.1) is 23.9 Å². The topological polar surface area (TPSA) is 34.6 Å². The largest absolute Gasteiger partial charge is 0.310 e. The van der Waals surface area contributed by atoms with Crippen molar-refractivity contribution in [3.05, 3.63) is 222 Å². The minimum atomic E-state index is -0.319. The lowest BCUT2D eigenvalue weighted by atomic mass is 9.79. The molecule has 0 aliphatic heterocycles. The van der Waals surface area contributed by atoms with Crippen LogP contribution >= 0.6 is 0 Å². The molecule has 0 saturated carbocycles. The summed E-state index contributed by atoms with van der Waals surface area (Å²) in [6.07, 6.45) is 0. The summed E-state index contributed by atoms with van der Waals surface area (Å²) < 4.78 is 0. The number of nitrogens with zero attached hydrogens (tertiary/aromatic N) is 4. The third-order valence-corrected chi connectivity index (χ3v) is 11.8. The average Bonchev–Trinajstić information content (AvgIpc) is 3.53. The van der Waals surface area contributed by atoms with Crippen LogP contribution in [0.2, 0.25) is 0 Å². The second kappa shape index (κ2) is 14.2. The number of rotatable bonds is 7. The fraction of sp³-hybridized carbons (Fsp3) is 0.0545. The standard InChI is InChI=1S/C55H38N4/c1-55(2)51-35-52(59(42-14-8-5-9-15-42)45-29-23-41(57-3)24-30-45)48-16-10-11-17-49(48)53(51)50-32-22-40-34-46(31-33-47(40)54(50)55)58(43-25-18-37(36-56)19-26-43)44-27-20-39(21-28-44)38-12-6-4-7-13-38/h4-35H,1-2H3. The van der Waals surface area contributed by atoms with Crippen LogP contribution in [0, 0.1) is 17.9 Å². The molecule has 4 nitrogen and oxygen atoms in total. The molecule has 0 aromatic heterocycles. The van der Waals surface area contributed by atoms with Crippen molar-refractivity contribution in [1.82, 2.24) is 0 Å². The van der Waals surface area contributed by atoms with Crippen molar-refractivity contribution in [2.45, 2.75) is 19.3 Å². The van der Waals surface area contributed by atoms with E-state index in [1.807, 2.05) is 60.7 Å². The average molecular weight is 755 g/mol. The molecule has 9 aromatic rings. The molecule has 0 fully saturated rings. The second-order valence-corrected chi connectivity index (χ2v) is 15.6. The monoisotopic (exact) mass is 754 g/mol. The molecular weight excluding hydrogens is 717 g/mol. The summed E-state index contributed by atoms with van der Waals surface area (Å²) >= 11 is 0. The zero-order valence-electron chi connectivity index (χ0n) is 32.8. The van der Waals surface area contributed by atoms with E-state index < -0.39 is 0 Å².